The SMILES string of the molecule is Nc1cnc(Cl)c(C(=O)N2CCC3(CCCCC3)CC2)c1. The molecule has 0 unspecified atom stereocenters. The Morgan fingerprint density at radius 3 is 2.52 bits per heavy atom. The second kappa shape index (κ2) is 5.84. The fourth-order valence-electron chi connectivity index (χ4n) is 3.77. The van der Waals surface area contributed by atoms with Gasteiger partial charge in [0.25, 0.3) is 5.91 Å². The summed E-state index contributed by atoms with van der Waals surface area (Å²) in [6.45, 7) is 1.65. The predicted octanol–water partition coefficient (Wildman–Crippen LogP) is 3.50. The number of pyridine rings is 1. The summed E-state index contributed by atoms with van der Waals surface area (Å²) in [5.41, 5.74) is 7.11. The second-order valence-electron chi connectivity index (χ2n) is 6.46. The van der Waals surface area contributed by atoms with Crippen LogP contribution in [0.1, 0.15) is 55.3 Å². The number of nitrogens with zero attached hydrogens (tertiary/aromatic N) is 2. The molecule has 0 bridgehead atoms. The van der Waals surface area contributed by atoms with Crippen molar-refractivity contribution in [1.29, 1.82) is 0 Å². The average molecular weight is 308 g/mol. The first-order valence-corrected chi connectivity index (χ1v) is 8.18. The van der Waals surface area contributed by atoms with Crippen molar-refractivity contribution in [2.75, 3.05) is 18.8 Å². The van der Waals surface area contributed by atoms with Gasteiger partial charge in [0.15, 0.2) is 0 Å². The number of aromatic nitrogens is 1. The van der Waals surface area contributed by atoms with Crippen molar-refractivity contribution in [3.63, 3.8) is 0 Å². The molecule has 1 saturated heterocycles. The van der Waals surface area contributed by atoms with Crippen LogP contribution in [0.5, 0.6) is 0 Å². The van der Waals surface area contributed by atoms with Gasteiger partial charge in [-0.2, -0.15) is 0 Å². The Balaban J connectivity index is 1.69. The number of likely N-dealkylation sites (tertiary alicyclic amines) is 1. The minimum absolute atomic E-state index is 0.0366. The predicted molar refractivity (Wildman–Crippen MR) is 84.3 cm³/mol. The molecule has 114 valence electrons. The lowest BCUT2D eigenvalue weighted by Crippen LogP contribution is -2.44. The van der Waals surface area contributed by atoms with Gasteiger partial charge in [0.2, 0.25) is 0 Å². The van der Waals surface area contributed by atoms with Crippen molar-refractivity contribution < 1.29 is 4.79 Å². The first-order valence-electron chi connectivity index (χ1n) is 7.80. The number of hydrogen-bond acceptors (Lipinski definition) is 3. The highest BCUT2D eigenvalue weighted by molar-refractivity contribution is 6.32. The van der Waals surface area contributed by atoms with Crippen LogP contribution in [0.15, 0.2) is 12.3 Å². The first kappa shape index (κ1) is 14.6. The molecular formula is C16H22ClN3O. The number of carbonyl (C=O) groups is 1. The number of amides is 1. The Morgan fingerprint density at radius 2 is 1.86 bits per heavy atom. The monoisotopic (exact) mass is 307 g/mol. The van der Waals surface area contributed by atoms with Crippen molar-refractivity contribution in [2.45, 2.75) is 44.9 Å². The Hall–Kier alpha value is -1.29. The topological polar surface area (TPSA) is 59.2 Å². The fourth-order valence-corrected chi connectivity index (χ4v) is 3.95. The van der Waals surface area contributed by atoms with E-state index in [1.807, 2.05) is 4.90 Å². The van der Waals surface area contributed by atoms with Gasteiger partial charge < -0.3 is 10.6 Å². The van der Waals surface area contributed by atoms with Gasteiger partial charge in [-0.15, -0.1) is 0 Å². The highest BCUT2D eigenvalue weighted by Gasteiger charge is 2.37. The Labute approximate surface area is 130 Å². The van der Waals surface area contributed by atoms with E-state index in [2.05, 4.69) is 4.98 Å². The quantitative estimate of drug-likeness (QED) is 0.808. The Morgan fingerprint density at radius 1 is 1.19 bits per heavy atom. The van der Waals surface area contributed by atoms with E-state index in [0.717, 1.165) is 25.9 Å². The van der Waals surface area contributed by atoms with E-state index in [1.165, 1.54) is 38.3 Å². The number of rotatable bonds is 1. The average Bonchev–Trinajstić information content (AvgIpc) is 2.51. The zero-order valence-electron chi connectivity index (χ0n) is 12.3. The van der Waals surface area contributed by atoms with E-state index >= 15 is 0 Å². The van der Waals surface area contributed by atoms with Crippen molar-refractivity contribution in [3.8, 4) is 0 Å². The van der Waals surface area contributed by atoms with E-state index in [1.54, 1.807) is 6.07 Å². The van der Waals surface area contributed by atoms with Gasteiger partial charge in [-0.3, -0.25) is 4.79 Å². The smallest absolute Gasteiger partial charge is 0.257 e. The molecule has 2 N–H and O–H groups in total. The lowest BCUT2D eigenvalue weighted by Gasteiger charge is -2.44. The highest BCUT2D eigenvalue weighted by atomic mass is 35.5. The summed E-state index contributed by atoms with van der Waals surface area (Å²) in [6.07, 6.45) is 10.4. The first-order chi connectivity index (χ1) is 10.1. The van der Waals surface area contributed by atoms with Crippen LogP contribution in [-0.2, 0) is 0 Å². The summed E-state index contributed by atoms with van der Waals surface area (Å²) in [5.74, 6) is -0.0366. The molecule has 1 saturated carbocycles. The summed E-state index contributed by atoms with van der Waals surface area (Å²) in [4.78, 5) is 18.5. The number of halogens is 1. The second-order valence-corrected chi connectivity index (χ2v) is 6.82. The van der Waals surface area contributed by atoms with Crippen LogP contribution < -0.4 is 5.73 Å². The molecule has 3 rings (SSSR count). The molecule has 1 aliphatic heterocycles. The molecule has 1 amide bonds. The van der Waals surface area contributed by atoms with Gasteiger partial charge >= 0.3 is 0 Å². The third-order valence-corrected chi connectivity index (χ3v) is 5.42. The third kappa shape index (κ3) is 3.00. The third-order valence-electron chi connectivity index (χ3n) is 5.12. The highest BCUT2D eigenvalue weighted by Crippen LogP contribution is 2.44. The zero-order valence-corrected chi connectivity index (χ0v) is 13.0. The van der Waals surface area contributed by atoms with Gasteiger partial charge in [0.1, 0.15) is 5.15 Å². The van der Waals surface area contributed by atoms with Crippen molar-refractivity contribution in [2.24, 2.45) is 5.41 Å². The molecule has 1 aromatic heterocycles. The Bertz CT molecular complexity index is 530. The van der Waals surface area contributed by atoms with Crippen LogP contribution in [-0.4, -0.2) is 28.9 Å². The summed E-state index contributed by atoms with van der Waals surface area (Å²) >= 11 is 6.04. The van der Waals surface area contributed by atoms with Crippen molar-refractivity contribution in [3.05, 3.63) is 23.0 Å². The van der Waals surface area contributed by atoms with Gasteiger partial charge in [-0.1, -0.05) is 30.9 Å². The maximum absolute atomic E-state index is 12.6. The van der Waals surface area contributed by atoms with Crippen LogP contribution in [0.25, 0.3) is 0 Å². The maximum Gasteiger partial charge on any atom is 0.257 e. The number of hydrogen-bond donors (Lipinski definition) is 1. The Kier molecular flexibility index (Phi) is 4.07. The van der Waals surface area contributed by atoms with E-state index in [4.69, 9.17) is 17.3 Å². The van der Waals surface area contributed by atoms with Gasteiger partial charge in [0.05, 0.1) is 17.4 Å². The minimum Gasteiger partial charge on any atom is -0.397 e. The number of nitrogens with two attached hydrogens (primary N) is 1. The maximum atomic E-state index is 12.6. The standard InChI is InChI=1S/C16H22ClN3O/c17-14-13(10-12(18)11-19-14)15(21)20-8-6-16(7-9-20)4-2-1-3-5-16/h10-11H,1-9,18H2. The summed E-state index contributed by atoms with van der Waals surface area (Å²) < 4.78 is 0. The minimum atomic E-state index is -0.0366. The lowest BCUT2D eigenvalue weighted by molar-refractivity contribution is 0.0472. The van der Waals surface area contributed by atoms with Gasteiger partial charge in [-0.25, -0.2) is 4.98 Å². The number of carbonyl (C=O) groups excluding carboxylic acids is 1. The van der Waals surface area contributed by atoms with Crippen molar-refractivity contribution >= 4 is 23.2 Å². The summed E-state index contributed by atoms with van der Waals surface area (Å²) in [7, 11) is 0. The molecule has 1 aliphatic carbocycles. The molecule has 0 atom stereocenters. The number of nitrogen functional groups attached to an aromatic ring is 1. The van der Waals surface area contributed by atoms with Gasteiger partial charge in [-0.05, 0) is 37.2 Å². The van der Waals surface area contributed by atoms with E-state index in [-0.39, 0.29) is 11.1 Å². The van der Waals surface area contributed by atoms with Crippen LogP contribution in [0, 0.1) is 5.41 Å². The zero-order chi connectivity index (χ0) is 14.9. The van der Waals surface area contributed by atoms with E-state index in [0.29, 0.717) is 16.7 Å². The molecule has 2 heterocycles. The molecular weight excluding hydrogens is 286 g/mol. The lowest BCUT2D eigenvalue weighted by atomic mass is 9.68. The van der Waals surface area contributed by atoms with Crippen LogP contribution in [0.4, 0.5) is 5.69 Å². The summed E-state index contributed by atoms with van der Waals surface area (Å²) in [6, 6.07) is 1.63. The van der Waals surface area contributed by atoms with Crippen LogP contribution in [0.2, 0.25) is 5.15 Å². The molecule has 2 fully saturated rings. The van der Waals surface area contributed by atoms with Crippen molar-refractivity contribution in [1.82, 2.24) is 9.88 Å². The van der Waals surface area contributed by atoms with Crippen LogP contribution >= 0.6 is 11.6 Å². The molecule has 1 aromatic rings. The molecule has 0 radical (unpaired) electrons. The van der Waals surface area contributed by atoms with Crippen LogP contribution in [0.3, 0.4) is 0 Å². The molecule has 4 nitrogen and oxygen atoms in total. The van der Waals surface area contributed by atoms with E-state index in [9.17, 15) is 4.79 Å². The molecule has 1 spiro atoms. The number of piperidine rings is 1. The normalized spacial score (nSPS) is 21.5. The van der Waals surface area contributed by atoms with E-state index < -0.39 is 0 Å². The largest absolute Gasteiger partial charge is 0.397 e. The molecule has 2 aliphatic rings. The number of anilines is 1. The fraction of sp³-hybridized carbons (Fsp3) is 0.625. The summed E-state index contributed by atoms with van der Waals surface area (Å²) in [5, 5.41) is 0.243. The molecule has 21 heavy (non-hydrogen) atoms. The molecule has 5 heteroatoms. The van der Waals surface area contributed by atoms with Gasteiger partial charge in [0, 0.05) is 13.1 Å². The molecule has 0 aromatic carbocycles.